The van der Waals surface area contributed by atoms with Crippen molar-refractivity contribution in [3.63, 3.8) is 0 Å². The first-order chi connectivity index (χ1) is 35.8. The predicted octanol–water partition coefficient (Wildman–Crippen LogP) is 7.74. The Morgan fingerprint density at radius 1 is 0.581 bits per heavy atom. The summed E-state index contributed by atoms with van der Waals surface area (Å²) in [5.74, 6) is -8.20. The predicted molar refractivity (Wildman–Crippen MR) is 279 cm³/mol. The number of rotatable bonds is 21. The van der Waals surface area contributed by atoms with Crippen molar-refractivity contribution in [2.45, 2.75) is 72.4 Å². The number of carbonyl (C=O) groups excluding carboxylic acids is 2. The van der Waals surface area contributed by atoms with Gasteiger partial charge >= 0.3 is 5.97 Å². The summed E-state index contributed by atoms with van der Waals surface area (Å²) in [6.07, 6.45) is 8.66. The fourth-order valence-corrected chi connectivity index (χ4v) is 9.15. The summed E-state index contributed by atoms with van der Waals surface area (Å²) in [5.41, 5.74) is 18.0. The number of unbranched alkanes of at least 4 members (excludes halogenated alkanes) is 2. The number of piperazine rings is 2. The lowest BCUT2D eigenvalue weighted by atomic mass is 10.1. The summed E-state index contributed by atoms with van der Waals surface area (Å²) in [6, 6.07) is 12.8. The van der Waals surface area contributed by atoms with Crippen LogP contribution in [-0.2, 0) is 32.2 Å². The van der Waals surface area contributed by atoms with Gasteiger partial charge in [0.1, 0.15) is 16.8 Å². The molecule has 0 radical (unpaired) electrons. The molecule has 9 rings (SSSR count). The highest BCUT2D eigenvalue weighted by molar-refractivity contribution is 6.09. The van der Waals surface area contributed by atoms with Gasteiger partial charge in [-0.2, -0.15) is 19.0 Å². The Morgan fingerprint density at radius 2 is 1.03 bits per heavy atom. The van der Waals surface area contributed by atoms with Gasteiger partial charge in [0.05, 0.1) is 43.9 Å². The van der Waals surface area contributed by atoms with E-state index in [2.05, 4.69) is 101 Å². The highest BCUT2D eigenvalue weighted by Crippen LogP contribution is 2.33. The van der Waals surface area contributed by atoms with E-state index < -0.39 is 35.0 Å². The molecule has 0 aliphatic carbocycles. The quantitative estimate of drug-likeness (QED) is 0.0234. The average molecular weight is 1030 g/mol. The molecular formula is C53H66F4N12O5. The normalized spacial score (nSPS) is 14.6. The number of hydrogen-bond acceptors (Lipinski definition) is 15. The summed E-state index contributed by atoms with van der Waals surface area (Å²) in [4.78, 5) is 41.4. The number of pyridine rings is 2. The number of carbonyl (C=O) groups is 2. The van der Waals surface area contributed by atoms with Crippen molar-refractivity contribution in [2.24, 2.45) is 0 Å². The molecule has 4 aromatic heterocycles. The van der Waals surface area contributed by atoms with Crippen LogP contribution in [-0.4, -0.2) is 143 Å². The number of benzene rings is 3. The number of hydrogen-bond donors (Lipinski definition) is 2. The minimum absolute atomic E-state index is 0.0440. The van der Waals surface area contributed by atoms with Crippen molar-refractivity contribution < 1.29 is 41.4 Å². The Bertz CT molecular complexity index is 3040. The first-order valence-corrected chi connectivity index (χ1v) is 25.6. The molecule has 0 unspecified atom stereocenters. The van der Waals surface area contributed by atoms with Crippen molar-refractivity contribution >= 4 is 78.4 Å². The monoisotopic (exact) mass is 1030 g/mol. The number of aromatic nitrogens is 6. The van der Waals surface area contributed by atoms with Gasteiger partial charge in [0, 0.05) is 136 Å². The van der Waals surface area contributed by atoms with Crippen LogP contribution in [0.15, 0.2) is 54.9 Å². The largest absolute Gasteiger partial charge is 0.420 e. The lowest BCUT2D eigenvalue weighted by Crippen LogP contribution is -2.47. The number of ether oxygens (including phenoxy) is 3. The number of ketones is 1. The number of fused-ring (bicyclic) bond motifs is 6. The van der Waals surface area contributed by atoms with E-state index in [0.717, 1.165) is 147 Å². The molecule has 2 aliphatic heterocycles. The Morgan fingerprint density at radius 3 is 1.46 bits per heavy atom. The van der Waals surface area contributed by atoms with Crippen LogP contribution in [0.1, 0.15) is 59.3 Å². The SMILES string of the molecule is CCCCn1cc2c(n1)c(N)nc1cc(N3CCN(CCOCCC(=O)Oc4c(F)c(F)cc(F)c4F)CC3)ccc12.CCCCn1cc2c(n1)c(N)nc1cc(N3CCN(CCOCCC(C)=O)CC3)ccc12. The minimum Gasteiger partial charge on any atom is -0.420 e. The van der Waals surface area contributed by atoms with E-state index in [9.17, 15) is 27.2 Å². The van der Waals surface area contributed by atoms with Crippen LogP contribution in [0.25, 0.3) is 43.6 Å². The lowest BCUT2D eigenvalue weighted by Gasteiger charge is -2.36. The molecule has 0 spiro atoms. The van der Waals surface area contributed by atoms with Crippen LogP contribution in [0.5, 0.6) is 5.75 Å². The number of esters is 1. The van der Waals surface area contributed by atoms with Gasteiger partial charge in [-0.25, -0.2) is 18.7 Å². The molecule has 396 valence electrons. The van der Waals surface area contributed by atoms with Gasteiger partial charge in [0.25, 0.3) is 0 Å². The zero-order valence-corrected chi connectivity index (χ0v) is 42.4. The van der Waals surface area contributed by atoms with Gasteiger partial charge in [-0.1, -0.05) is 38.8 Å². The van der Waals surface area contributed by atoms with E-state index in [4.69, 9.17) is 20.9 Å². The lowest BCUT2D eigenvalue weighted by molar-refractivity contribution is -0.136. The molecule has 74 heavy (non-hydrogen) atoms. The van der Waals surface area contributed by atoms with Gasteiger partial charge < -0.3 is 35.5 Å². The second kappa shape index (κ2) is 25.0. The molecule has 17 nitrogen and oxygen atoms in total. The van der Waals surface area contributed by atoms with Crippen molar-refractivity contribution in [2.75, 3.05) is 113 Å². The molecule has 21 heteroatoms. The van der Waals surface area contributed by atoms with Gasteiger partial charge in [0.15, 0.2) is 23.3 Å². The number of nitrogens with zero attached hydrogens (tertiary/aromatic N) is 10. The van der Waals surface area contributed by atoms with Gasteiger partial charge in [-0.15, -0.1) is 0 Å². The van der Waals surface area contributed by atoms with Crippen LogP contribution in [0.4, 0.5) is 40.6 Å². The maximum absolute atomic E-state index is 13.7. The molecule has 0 saturated carbocycles. The van der Waals surface area contributed by atoms with Gasteiger partial charge in [-0.05, 0) is 44.0 Å². The maximum Gasteiger partial charge on any atom is 0.313 e. The molecule has 6 heterocycles. The number of nitrogens with two attached hydrogens (primary N) is 2. The van der Waals surface area contributed by atoms with E-state index in [0.29, 0.717) is 44.4 Å². The first-order valence-electron chi connectivity index (χ1n) is 25.6. The standard InChI is InChI=1S/C29H32F4N6O3.C24H34N6O2/c1-2-3-7-39-17-20-19-5-4-18(15-23(19)35-29(34)27(20)36-39)38-10-8-37(9-11-38)12-14-41-13-6-24(40)42-28-25(32)21(30)16-22(31)26(28)33;1-3-4-8-30-17-21-20-6-5-19(16-22(20)26-24(25)23(21)27-30)29-11-9-28(10-12-29)13-15-32-14-7-18(2)31/h4-5,15-17H,2-3,6-14H2,1H3,(H2,34,35);5-6,16-17H,3-4,7-15H2,1-2H3,(H2,25,26). The van der Waals surface area contributed by atoms with Gasteiger partial charge in [0.2, 0.25) is 17.4 Å². The van der Waals surface area contributed by atoms with Crippen molar-refractivity contribution in [3.8, 4) is 5.75 Å². The fourth-order valence-electron chi connectivity index (χ4n) is 9.15. The summed E-state index contributed by atoms with van der Waals surface area (Å²) in [6.45, 7) is 17.7. The van der Waals surface area contributed by atoms with Crippen LogP contribution >= 0.6 is 0 Å². The average Bonchev–Trinajstić information content (AvgIpc) is 4.04. The summed E-state index contributed by atoms with van der Waals surface area (Å²) >= 11 is 0. The molecule has 0 bridgehead atoms. The molecule has 0 atom stereocenters. The van der Waals surface area contributed by atoms with Gasteiger partial charge in [-0.3, -0.25) is 28.8 Å². The number of halogens is 4. The number of nitrogen functional groups attached to an aromatic ring is 2. The van der Waals surface area contributed by atoms with E-state index >= 15 is 0 Å². The van der Waals surface area contributed by atoms with E-state index in [1.54, 1.807) is 6.92 Å². The minimum atomic E-state index is -1.77. The van der Waals surface area contributed by atoms with E-state index in [1.165, 1.54) is 5.69 Å². The van der Waals surface area contributed by atoms with Crippen LogP contribution < -0.4 is 26.0 Å². The number of anilines is 4. The third kappa shape index (κ3) is 13.2. The third-order valence-electron chi connectivity index (χ3n) is 13.4. The highest BCUT2D eigenvalue weighted by atomic mass is 19.2. The highest BCUT2D eigenvalue weighted by Gasteiger charge is 2.24. The zero-order valence-electron chi connectivity index (χ0n) is 42.4. The Kier molecular flexibility index (Phi) is 18.1. The topological polar surface area (TPSA) is 188 Å². The number of aryl methyl sites for hydroxylation is 2. The molecule has 0 amide bonds. The Labute approximate surface area is 427 Å². The molecule has 3 aromatic carbocycles. The summed E-state index contributed by atoms with van der Waals surface area (Å²) < 4.78 is 73.3. The fraction of sp³-hybridized carbons (Fsp3) is 0.472. The Hall–Kier alpha value is -6.68. The molecule has 4 N–H and O–H groups in total. The number of Topliss-reactive ketones (excluding diaryl/α,β-unsaturated/α-hetero) is 1. The zero-order chi connectivity index (χ0) is 52.3. The first kappa shape index (κ1) is 53.6. The van der Waals surface area contributed by atoms with Crippen molar-refractivity contribution in [3.05, 3.63) is 78.1 Å². The summed E-state index contributed by atoms with van der Waals surface area (Å²) in [7, 11) is 0. The maximum atomic E-state index is 13.7. The van der Waals surface area contributed by atoms with Crippen LogP contribution in [0.2, 0.25) is 0 Å². The molecule has 2 fully saturated rings. The smallest absolute Gasteiger partial charge is 0.313 e. The summed E-state index contributed by atoms with van der Waals surface area (Å²) in [5, 5.41) is 13.5. The van der Waals surface area contributed by atoms with E-state index in [-0.39, 0.29) is 24.9 Å². The third-order valence-corrected chi connectivity index (χ3v) is 13.4. The van der Waals surface area contributed by atoms with E-state index in [1.807, 2.05) is 15.6 Å². The molecular weight excluding hydrogens is 961 g/mol. The Balaban J connectivity index is 0.000000204. The second-order valence-corrected chi connectivity index (χ2v) is 18.8. The van der Waals surface area contributed by atoms with Crippen LogP contribution in [0.3, 0.4) is 0 Å². The van der Waals surface area contributed by atoms with Crippen LogP contribution in [0, 0.1) is 23.3 Å². The van der Waals surface area contributed by atoms with Crippen molar-refractivity contribution in [1.29, 1.82) is 0 Å². The second-order valence-electron chi connectivity index (χ2n) is 18.8. The molecule has 2 saturated heterocycles. The molecule has 7 aromatic rings. The molecule has 2 aliphatic rings. The van der Waals surface area contributed by atoms with Crippen molar-refractivity contribution in [1.82, 2.24) is 39.3 Å².